The lowest BCUT2D eigenvalue weighted by molar-refractivity contribution is -0.122. The maximum absolute atomic E-state index is 13.1. The zero-order valence-electron chi connectivity index (χ0n) is 20.1. The lowest BCUT2D eigenvalue weighted by Crippen LogP contribution is -2.48. The fourth-order valence-electron chi connectivity index (χ4n) is 3.71. The van der Waals surface area contributed by atoms with Gasteiger partial charge in [-0.15, -0.1) is 0 Å². The molecule has 1 amide bonds. The molecule has 1 fully saturated rings. The van der Waals surface area contributed by atoms with Crippen LogP contribution in [0.15, 0.2) is 78.2 Å². The van der Waals surface area contributed by atoms with Gasteiger partial charge < -0.3 is 15.2 Å². The zero-order chi connectivity index (χ0) is 24.1. The molecule has 2 aromatic rings. The average Bonchev–Trinajstić information content (AvgIpc) is 3.58. The van der Waals surface area contributed by atoms with Crippen LogP contribution in [0.25, 0.3) is 11.1 Å². The Balaban J connectivity index is 0.000000662. The van der Waals surface area contributed by atoms with Gasteiger partial charge in [0.15, 0.2) is 0 Å². The minimum absolute atomic E-state index is 0.111. The number of carbonyl (C=O) groups is 1. The molecule has 2 aliphatic heterocycles. The Morgan fingerprint density at radius 2 is 1.72 bits per heavy atom. The van der Waals surface area contributed by atoms with Crippen LogP contribution in [-0.4, -0.2) is 42.0 Å². The van der Waals surface area contributed by atoms with Gasteiger partial charge in [0, 0.05) is 43.2 Å². The molecule has 32 heavy (non-hydrogen) atoms. The molecule has 0 radical (unpaired) electrons. The number of carbonyl (C=O) groups excluding carboxylic acids is 1. The van der Waals surface area contributed by atoms with Crippen LogP contribution in [0, 0.1) is 0 Å². The smallest absolute Gasteiger partial charge is 0.253 e. The topological polar surface area (TPSA) is 73.4 Å². The van der Waals surface area contributed by atoms with E-state index in [9.17, 15) is 4.79 Å². The summed E-state index contributed by atoms with van der Waals surface area (Å²) in [6.45, 7) is 19.5. The van der Waals surface area contributed by atoms with Gasteiger partial charge in [0.2, 0.25) is 0 Å². The maximum atomic E-state index is 13.1. The zero-order valence-corrected chi connectivity index (χ0v) is 20.1. The molecule has 172 valence electrons. The van der Waals surface area contributed by atoms with E-state index < -0.39 is 5.54 Å². The van der Waals surface area contributed by atoms with E-state index in [1.165, 1.54) is 0 Å². The molecular weight excluding hydrogens is 398 g/mol. The van der Waals surface area contributed by atoms with E-state index in [2.05, 4.69) is 40.4 Å². The van der Waals surface area contributed by atoms with E-state index in [-0.39, 0.29) is 5.91 Å². The monoisotopic (exact) mass is 435 g/mol. The molecule has 1 aromatic carbocycles. The van der Waals surface area contributed by atoms with Crippen molar-refractivity contribution in [3.63, 3.8) is 0 Å². The number of anilines is 1. The fraction of sp³-hybridized carbons (Fsp3) is 0.346. The predicted octanol–water partition coefficient (Wildman–Crippen LogP) is 5.54. The molecule has 2 aliphatic rings. The van der Waals surface area contributed by atoms with Crippen molar-refractivity contribution in [2.24, 2.45) is 4.99 Å². The van der Waals surface area contributed by atoms with E-state index in [1.54, 1.807) is 19.3 Å². The third kappa shape index (κ3) is 5.63. The molecule has 0 saturated carbocycles. The highest BCUT2D eigenvalue weighted by atomic mass is 16.2. The van der Waals surface area contributed by atoms with E-state index in [0.29, 0.717) is 13.0 Å². The first-order valence-corrected chi connectivity index (χ1v) is 11.1. The molecule has 3 heterocycles. The molecule has 6 nitrogen and oxygen atoms in total. The minimum atomic E-state index is -0.559. The van der Waals surface area contributed by atoms with Gasteiger partial charge in [-0.05, 0) is 42.5 Å². The van der Waals surface area contributed by atoms with Crippen molar-refractivity contribution < 1.29 is 4.79 Å². The van der Waals surface area contributed by atoms with Crippen LogP contribution < -0.4 is 10.2 Å². The van der Waals surface area contributed by atoms with Crippen molar-refractivity contribution in [3.05, 3.63) is 73.2 Å². The molecule has 1 unspecified atom stereocenters. The van der Waals surface area contributed by atoms with Gasteiger partial charge in [0.1, 0.15) is 5.54 Å². The van der Waals surface area contributed by atoms with Crippen LogP contribution in [0.2, 0.25) is 0 Å². The van der Waals surface area contributed by atoms with E-state index >= 15 is 0 Å². The van der Waals surface area contributed by atoms with Crippen molar-refractivity contribution in [2.75, 3.05) is 18.5 Å². The summed E-state index contributed by atoms with van der Waals surface area (Å²) in [4.78, 5) is 18.2. The van der Waals surface area contributed by atoms with Crippen LogP contribution in [-0.2, 0) is 4.79 Å². The SMILES string of the molecule is C=CC1=C(C=C)NC2(CCN(c3ccc(-c4cn[nH]c4)cc3)C2=O)C1.C=NC.CC.CC. The van der Waals surface area contributed by atoms with Gasteiger partial charge in [-0.1, -0.05) is 59.1 Å². The summed E-state index contributed by atoms with van der Waals surface area (Å²) in [7, 11) is 1.64. The average molecular weight is 436 g/mol. The maximum Gasteiger partial charge on any atom is 0.253 e. The molecule has 2 N–H and O–H groups in total. The van der Waals surface area contributed by atoms with Crippen molar-refractivity contribution in [2.45, 2.75) is 46.1 Å². The number of aromatic nitrogens is 2. The summed E-state index contributed by atoms with van der Waals surface area (Å²) in [5, 5.41) is 10.2. The molecule has 6 heteroatoms. The number of aliphatic imine (C=N–C) groups is 1. The Labute approximate surface area is 192 Å². The first-order chi connectivity index (χ1) is 15.6. The third-order valence-electron chi connectivity index (χ3n) is 5.09. The molecule has 1 spiro atoms. The Kier molecular flexibility index (Phi) is 10.9. The van der Waals surface area contributed by atoms with Gasteiger partial charge in [-0.2, -0.15) is 5.10 Å². The number of nitrogens with zero attached hydrogens (tertiary/aromatic N) is 3. The summed E-state index contributed by atoms with van der Waals surface area (Å²) < 4.78 is 0. The lowest BCUT2D eigenvalue weighted by Gasteiger charge is -2.25. The molecule has 1 atom stereocenters. The normalized spacial score (nSPS) is 18.4. The summed E-state index contributed by atoms with van der Waals surface area (Å²) in [5.41, 5.74) is 4.44. The number of amides is 1. The van der Waals surface area contributed by atoms with Crippen LogP contribution in [0.3, 0.4) is 0 Å². The van der Waals surface area contributed by atoms with E-state index in [0.717, 1.165) is 34.5 Å². The highest BCUT2D eigenvalue weighted by molar-refractivity contribution is 6.03. The van der Waals surface area contributed by atoms with E-state index in [4.69, 9.17) is 0 Å². The second-order valence-electron chi connectivity index (χ2n) is 6.79. The molecule has 1 saturated heterocycles. The van der Waals surface area contributed by atoms with Crippen LogP contribution in [0.1, 0.15) is 40.5 Å². The molecule has 0 bridgehead atoms. The summed E-state index contributed by atoms with van der Waals surface area (Å²) in [5.74, 6) is 0.111. The predicted molar refractivity (Wildman–Crippen MR) is 137 cm³/mol. The first-order valence-electron chi connectivity index (χ1n) is 11.1. The number of hydrogen-bond donors (Lipinski definition) is 2. The van der Waals surface area contributed by atoms with Crippen molar-refractivity contribution in [1.29, 1.82) is 0 Å². The second-order valence-corrected chi connectivity index (χ2v) is 6.79. The number of allylic oxidation sites excluding steroid dienone is 2. The quantitative estimate of drug-likeness (QED) is 0.619. The minimum Gasteiger partial charge on any atom is -0.371 e. The second kappa shape index (κ2) is 13.1. The van der Waals surface area contributed by atoms with Gasteiger partial charge in [0.05, 0.1) is 6.20 Å². The molecule has 0 aliphatic carbocycles. The summed E-state index contributed by atoms with van der Waals surface area (Å²) in [6, 6.07) is 8.02. The molecule has 4 rings (SSSR count). The van der Waals surface area contributed by atoms with Gasteiger partial charge in [-0.25, -0.2) is 0 Å². The Morgan fingerprint density at radius 3 is 2.19 bits per heavy atom. The van der Waals surface area contributed by atoms with Crippen LogP contribution in [0.4, 0.5) is 5.69 Å². The molecule has 1 aromatic heterocycles. The number of H-pyrrole nitrogens is 1. The van der Waals surface area contributed by atoms with Crippen molar-refractivity contribution >= 4 is 18.3 Å². The number of benzene rings is 1. The largest absolute Gasteiger partial charge is 0.371 e. The fourth-order valence-corrected chi connectivity index (χ4v) is 3.71. The third-order valence-corrected chi connectivity index (χ3v) is 5.09. The number of hydrogen-bond acceptors (Lipinski definition) is 4. The number of aromatic amines is 1. The highest BCUT2D eigenvalue weighted by Crippen LogP contribution is 2.39. The molecular formula is C26H37N5O. The number of nitrogens with one attached hydrogen (secondary N) is 2. The summed E-state index contributed by atoms with van der Waals surface area (Å²) >= 11 is 0. The highest BCUT2D eigenvalue weighted by Gasteiger charge is 2.50. The Bertz CT molecular complexity index is 890. The van der Waals surface area contributed by atoms with Crippen molar-refractivity contribution in [1.82, 2.24) is 15.5 Å². The standard InChI is InChI=1S/C20H20N4O.C2H5N.2C2H6/c1-3-14-11-20(23-18(14)4-2)9-10-24(19(20)25)17-7-5-15(6-8-17)16-12-21-22-13-16;1-3-2;2*1-2/h3-8,12-13,23H,1-2,9-11H2,(H,21,22);1H2,2H3;2*1-2H3. The Hall–Kier alpha value is -3.41. The lowest BCUT2D eigenvalue weighted by atomic mass is 9.93. The number of rotatable bonds is 4. The van der Waals surface area contributed by atoms with Crippen molar-refractivity contribution in [3.8, 4) is 11.1 Å². The summed E-state index contributed by atoms with van der Waals surface area (Å²) in [6.07, 6.45) is 8.65. The van der Waals surface area contributed by atoms with Gasteiger partial charge in [0.25, 0.3) is 5.91 Å². The Morgan fingerprint density at radius 1 is 1.09 bits per heavy atom. The van der Waals surface area contributed by atoms with Crippen LogP contribution in [0.5, 0.6) is 0 Å². The first kappa shape index (κ1) is 26.6. The van der Waals surface area contributed by atoms with Gasteiger partial charge >= 0.3 is 0 Å². The van der Waals surface area contributed by atoms with E-state index in [1.807, 2.05) is 69.1 Å². The van der Waals surface area contributed by atoms with Gasteiger partial charge in [-0.3, -0.25) is 9.89 Å². The van der Waals surface area contributed by atoms with Crippen LogP contribution >= 0.6 is 0 Å².